The number of rotatable bonds is 7. The first kappa shape index (κ1) is 19.2. The molecule has 3 heterocycles. The second-order valence-corrected chi connectivity index (χ2v) is 6.71. The molecule has 27 heavy (non-hydrogen) atoms. The second kappa shape index (κ2) is 8.45. The van der Waals surface area contributed by atoms with Crippen molar-refractivity contribution in [2.45, 2.75) is 25.8 Å². The van der Waals surface area contributed by atoms with Gasteiger partial charge in [0.25, 0.3) is 11.8 Å². The Morgan fingerprint density at radius 1 is 1.37 bits per heavy atom. The van der Waals surface area contributed by atoms with Crippen molar-refractivity contribution in [1.82, 2.24) is 24.4 Å². The Bertz CT molecular complexity index is 821. The van der Waals surface area contributed by atoms with E-state index in [9.17, 15) is 9.59 Å². The number of carbonyl (C=O) groups is 2. The van der Waals surface area contributed by atoms with Crippen LogP contribution in [0.1, 0.15) is 40.6 Å². The summed E-state index contributed by atoms with van der Waals surface area (Å²) >= 11 is 0. The average Bonchev–Trinajstić information content (AvgIpc) is 3.11. The number of aromatic nitrogens is 3. The highest BCUT2D eigenvalue weighted by atomic mass is 16.5. The van der Waals surface area contributed by atoms with Crippen LogP contribution in [0.4, 0.5) is 0 Å². The number of nitrogens with zero attached hydrogens (tertiary/aromatic N) is 5. The molecule has 0 saturated carbocycles. The number of carbonyl (C=O) groups excluding carboxylic acids is 2. The molecule has 1 aliphatic rings. The fourth-order valence-corrected chi connectivity index (χ4v) is 3.58. The predicted octanol–water partition coefficient (Wildman–Crippen LogP) is 0.401. The molecule has 9 nitrogen and oxygen atoms in total. The van der Waals surface area contributed by atoms with E-state index in [1.807, 2.05) is 4.90 Å². The average molecular weight is 374 g/mol. The standard InChI is InChI=1S/C18H26N6O3/c1-3-4-13-12-23(8-7-22(13)9-10-27-2)18(26)15-5-6-20-17-14(16(19)25)11-21-24(15)17/h5-6,11,13H,3-4,7-10,12H2,1-2H3,(H2,19,25). The van der Waals surface area contributed by atoms with E-state index in [1.165, 1.54) is 16.9 Å². The Morgan fingerprint density at radius 3 is 2.89 bits per heavy atom. The van der Waals surface area contributed by atoms with Gasteiger partial charge in [-0.3, -0.25) is 14.5 Å². The Labute approximate surface area is 158 Å². The number of ether oxygens (including phenoxy) is 1. The second-order valence-electron chi connectivity index (χ2n) is 6.71. The van der Waals surface area contributed by atoms with Gasteiger partial charge in [-0.2, -0.15) is 5.10 Å². The van der Waals surface area contributed by atoms with E-state index in [0.717, 1.165) is 25.9 Å². The third-order valence-corrected chi connectivity index (χ3v) is 4.98. The highest BCUT2D eigenvalue weighted by Gasteiger charge is 2.30. The number of hydrogen-bond donors (Lipinski definition) is 1. The van der Waals surface area contributed by atoms with Crippen molar-refractivity contribution >= 4 is 17.5 Å². The molecule has 2 aromatic heterocycles. The van der Waals surface area contributed by atoms with Gasteiger partial charge >= 0.3 is 0 Å². The lowest BCUT2D eigenvalue weighted by atomic mass is 10.1. The molecule has 1 atom stereocenters. The van der Waals surface area contributed by atoms with Crippen molar-refractivity contribution in [3.63, 3.8) is 0 Å². The first-order valence-electron chi connectivity index (χ1n) is 9.21. The van der Waals surface area contributed by atoms with Gasteiger partial charge in [-0.25, -0.2) is 9.50 Å². The molecule has 3 rings (SSSR count). The van der Waals surface area contributed by atoms with E-state index in [4.69, 9.17) is 10.5 Å². The fraction of sp³-hybridized carbons (Fsp3) is 0.556. The molecule has 2 aromatic rings. The maximum atomic E-state index is 13.1. The van der Waals surface area contributed by atoms with E-state index >= 15 is 0 Å². The summed E-state index contributed by atoms with van der Waals surface area (Å²) in [5, 5.41) is 4.15. The minimum atomic E-state index is -0.614. The Kier molecular flexibility index (Phi) is 6.02. The van der Waals surface area contributed by atoms with Gasteiger partial charge in [0.1, 0.15) is 11.3 Å². The first-order chi connectivity index (χ1) is 13.1. The number of methoxy groups -OCH3 is 1. The van der Waals surface area contributed by atoms with Crippen LogP contribution < -0.4 is 5.73 Å². The van der Waals surface area contributed by atoms with Gasteiger partial charge in [-0.05, 0) is 12.5 Å². The molecule has 1 aliphatic heterocycles. The van der Waals surface area contributed by atoms with Crippen LogP contribution in [0.25, 0.3) is 5.65 Å². The Hall–Kier alpha value is -2.52. The quantitative estimate of drug-likeness (QED) is 0.752. The van der Waals surface area contributed by atoms with Gasteiger partial charge in [0, 0.05) is 45.5 Å². The lowest BCUT2D eigenvalue weighted by molar-refractivity contribution is 0.0365. The molecule has 146 valence electrons. The van der Waals surface area contributed by atoms with Crippen LogP contribution in [0.3, 0.4) is 0 Å². The van der Waals surface area contributed by atoms with Crippen LogP contribution in [0.15, 0.2) is 18.5 Å². The summed E-state index contributed by atoms with van der Waals surface area (Å²) in [5.41, 5.74) is 6.25. The third-order valence-electron chi connectivity index (χ3n) is 4.98. The molecule has 1 unspecified atom stereocenters. The van der Waals surface area contributed by atoms with E-state index in [0.29, 0.717) is 37.1 Å². The number of primary amides is 1. The molecule has 0 aromatic carbocycles. The zero-order valence-electron chi connectivity index (χ0n) is 15.8. The van der Waals surface area contributed by atoms with E-state index < -0.39 is 5.91 Å². The molecule has 1 fully saturated rings. The third kappa shape index (κ3) is 3.93. The summed E-state index contributed by atoms with van der Waals surface area (Å²) in [6.45, 7) is 5.79. The van der Waals surface area contributed by atoms with Crippen LogP contribution >= 0.6 is 0 Å². The number of nitrogens with two attached hydrogens (primary N) is 1. The topological polar surface area (TPSA) is 106 Å². The minimum absolute atomic E-state index is 0.117. The molecular weight excluding hydrogens is 348 g/mol. The normalized spacial score (nSPS) is 18.1. The molecule has 0 spiro atoms. The van der Waals surface area contributed by atoms with Gasteiger partial charge in [0.15, 0.2) is 5.65 Å². The van der Waals surface area contributed by atoms with Crippen molar-refractivity contribution in [3.05, 3.63) is 29.7 Å². The van der Waals surface area contributed by atoms with E-state index in [2.05, 4.69) is 21.9 Å². The SMILES string of the molecule is CCCC1CN(C(=O)c2ccnc3c(C(N)=O)cnn23)CCN1CCOC. The number of piperazine rings is 1. The van der Waals surface area contributed by atoms with Crippen LogP contribution in [0.5, 0.6) is 0 Å². The van der Waals surface area contributed by atoms with E-state index in [-0.39, 0.29) is 11.5 Å². The van der Waals surface area contributed by atoms with Crippen molar-refractivity contribution in [3.8, 4) is 0 Å². The molecule has 2 amide bonds. The first-order valence-corrected chi connectivity index (χ1v) is 9.21. The fourth-order valence-electron chi connectivity index (χ4n) is 3.58. The largest absolute Gasteiger partial charge is 0.383 e. The van der Waals surface area contributed by atoms with Crippen molar-refractivity contribution in [2.24, 2.45) is 5.73 Å². The maximum absolute atomic E-state index is 13.1. The zero-order valence-corrected chi connectivity index (χ0v) is 15.8. The van der Waals surface area contributed by atoms with Crippen molar-refractivity contribution in [2.75, 3.05) is 39.9 Å². The summed E-state index contributed by atoms with van der Waals surface area (Å²) in [5.74, 6) is -0.731. The summed E-state index contributed by atoms with van der Waals surface area (Å²) in [6.07, 6.45) is 4.93. The smallest absolute Gasteiger partial charge is 0.272 e. The lowest BCUT2D eigenvalue weighted by Crippen LogP contribution is -2.55. The Morgan fingerprint density at radius 2 is 2.19 bits per heavy atom. The lowest BCUT2D eigenvalue weighted by Gasteiger charge is -2.41. The van der Waals surface area contributed by atoms with Crippen LogP contribution in [-0.4, -0.2) is 82.1 Å². The van der Waals surface area contributed by atoms with Gasteiger partial charge in [-0.15, -0.1) is 0 Å². The molecule has 2 N–H and O–H groups in total. The highest BCUT2D eigenvalue weighted by Crippen LogP contribution is 2.18. The molecule has 0 aliphatic carbocycles. The van der Waals surface area contributed by atoms with E-state index in [1.54, 1.807) is 13.2 Å². The number of amides is 2. The summed E-state index contributed by atoms with van der Waals surface area (Å²) in [7, 11) is 1.70. The molecule has 9 heteroatoms. The van der Waals surface area contributed by atoms with Crippen LogP contribution in [-0.2, 0) is 4.74 Å². The molecule has 0 bridgehead atoms. The molecule has 0 radical (unpaired) electrons. The van der Waals surface area contributed by atoms with Gasteiger partial charge in [0.2, 0.25) is 0 Å². The maximum Gasteiger partial charge on any atom is 0.272 e. The minimum Gasteiger partial charge on any atom is -0.383 e. The van der Waals surface area contributed by atoms with Gasteiger partial charge < -0.3 is 15.4 Å². The van der Waals surface area contributed by atoms with Crippen LogP contribution in [0.2, 0.25) is 0 Å². The Balaban J connectivity index is 1.82. The summed E-state index contributed by atoms with van der Waals surface area (Å²) in [4.78, 5) is 33.0. The number of fused-ring (bicyclic) bond motifs is 1. The highest BCUT2D eigenvalue weighted by molar-refractivity contribution is 5.99. The summed E-state index contributed by atoms with van der Waals surface area (Å²) < 4.78 is 6.60. The summed E-state index contributed by atoms with van der Waals surface area (Å²) in [6, 6.07) is 1.93. The van der Waals surface area contributed by atoms with Crippen molar-refractivity contribution < 1.29 is 14.3 Å². The van der Waals surface area contributed by atoms with Gasteiger partial charge in [0.05, 0.1) is 12.8 Å². The predicted molar refractivity (Wildman–Crippen MR) is 99.6 cm³/mol. The molecular formula is C18H26N6O3. The zero-order chi connectivity index (χ0) is 19.4. The van der Waals surface area contributed by atoms with Gasteiger partial charge in [-0.1, -0.05) is 13.3 Å². The van der Waals surface area contributed by atoms with Crippen LogP contribution in [0, 0.1) is 0 Å². The van der Waals surface area contributed by atoms with Crippen molar-refractivity contribution in [1.29, 1.82) is 0 Å². The molecule has 1 saturated heterocycles. The monoisotopic (exact) mass is 374 g/mol. The number of hydrogen-bond acceptors (Lipinski definition) is 6.